The summed E-state index contributed by atoms with van der Waals surface area (Å²) in [4.78, 5) is 41.7. The largest absolute Gasteiger partial charge is 0.362 e. The van der Waals surface area contributed by atoms with Crippen LogP contribution in [0.1, 0.15) is 82.1 Å². The van der Waals surface area contributed by atoms with Crippen molar-refractivity contribution in [2.45, 2.75) is 56.8 Å². The molecule has 2 atom stereocenters. The Balaban J connectivity index is 1.08. The Labute approximate surface area is 275 Å². The first-order chi connectivity index (χ1) is 22.9. The number of rotatable bonds is 8. The third kappa shape index (κ3) is 5.91. The minimum Gasteiger partial charge on any atom is -0.362 e. The molecular formula is C39H40N6O2. The molecular weight excluding hydrogens is 584 g/mol. The molecule has 1 fully saturated rings. The van der Waals surface area contributed by atoms with Gasteiger partial charge >= 0.3 is 0 Å². The number of anilines is 2. The highest BCUT2D eigenvalue weighted by Crippen LogP contribution is 2.44. The molecule has 1 saturated carbocycles. The molecule has 0 spiro atoms. The van der Waals surface area contributed by atoms with E-state index in [4.69, 9.17) is 9.97 Å². The van der Waals surface area contributed by atoms with E-state index in [-0.39, 0.29) is 36.0 Å². The highest BCUT2D eigenvalue weighted by molar-refractivity contribution is 6.10. The Kier molecular flexibility index (Phi) is 8.33. The van der Waals surface area contributed by atoms with Crippen molar-refractivity contribution in [2.24, 2.45) is 0 Å². The van der Waals surface area contributed by atoms with E-state index in [9.17, 15) is 9.59 Å². The van der Waals surface area contributed by atoms with Gasteiger partial charge in [-0.25, -0.2) is 4.98 Å². The summed E-state index contributed by atoms with van der Waals surface area (Å²) in [5, 5.41) is 7.85. The quantitative estimate of drug-likeness (QED) is 0.191. The van der Waals surface area contributed by atoms with E-state index in [0.29, 0.717) is 17.1 Å². The number of nitrogens with zero attached hydrogens (tertiary/aromatic N) is 4. The topological polar surface area (TPSA) is 90.5 Å². The Morgan fingerprint density at radius 2 is 1.47 bits per heavy atom. The number of aromatic nitrogens is 2. The molecule has 8 nitrogen and oxygen atoms in total. The molecule has 1 aliphatic heterocycles. The van der Waals surface area contributed by atoms with Crippen LogP contribution in [0.15, 0.2) is 103 Å². The van der Waals surface area contributed by atoms with Crippen molar-refractivity contribution in [2.75, 3.05) is 24.3 Å². The van der Waals surface area contributed by atoms with Crippen LogP contribution in [0, 0.1) is 0 Å². The summed E-state index contributed by atoms with van der Waals surface area (Å²) in [5.41, 5.74) is 4.80. The van der Waals surface area contributed by atoms with Gasteiger partial charge in [0.25, 0.3) is 11.8 Å². The standard InChI is InChI=1S/C39H40N6O2/c1-25(26-13-6-4-7-14-26)45-35(27-15-8-5-9-16-27)31-18-12-19-32(34(31)38(45)47)37(46)40-28-21-23-29(24-22-28)41-39-42-33-20-11-10-17-30(33)36(43-39)44(2)3/h4-20,25,28-29,35H,21-24H2,1-3H3,(H,40,46)(H,41,42,43)/t25-,28?,29?,35+/m0/s1. The summed E-state index contributed by atoms with van der Waals surface area (Å²) >= 11 is 0. The van der Waals surface area contributed by atoms with Crippen molar-refractivity contribution in [3.05, 3.63) is 131 Å². The Morgan fingerprint density at radius 1 is 0.809 bits per heavy atom. The van der Waals surface area contributed by atoms with E-state index in [1.54, 1.807) is 6.07 Å². The van der Waals surface area contributed by atoms with Crippen molar-refractivity contribution in [1.29, 1.82) is 0 Å². The van der Waals surface area contributed by atoms with Crippen LogP contribution in [-0.4, -0.2) is 52.9 Å². The van der Waals surface area contributed by atoms with Gasteiger partial charge < -0.3 is 20.4 Å². The number of nitrogens with one attached hydrogen (secondary N) is 2. The molecule has 0 bridgehead atoms. The number of hydrogen-bond acceptors (Lipinski definition) is 6. The minimum absolute atomic E-state index is 0.0204. The van der Waals surface area contributed by atoms with Crippen LogP contribution in [-0.2, 0) is 0 Å². The second-order valence-electron chi connectivity index (χ2n) is 12.8. The van der Waals surface area contributed by atoms with Gasteiger partial charge in [-0.15, -0.1) is 0 Å². The third-order valence-electron chi connectivity index (χ3n) is 9.58. The van der Waals surface area contributed by atoms with Crippen molar-refractivity contribution < 1.29 is 9.59 Å². The minimum atomic E-state index is -0.284. The van der Waals surface area contributed by atoms with Gasteiger partial charge in [0.1, 0.15) is 5.82 Å². The molecule has 2 N–H and O–H groups in total. The molecule has 2 heterocycles. The van der Waals surface area contributed by atoms with Gasteiger partial charge in [0, 0.05) is 31.6 Å². The average molecular weight is 625 g/mol. The van der Waals surface area contributed by atoms with Crippen molar-refractivity contribution in [3.8, 4) is 0 Å². The fraction of sp³-hybridized carbons (Fsp3) is 0.282. The fourth-order valence-electron chi connectivity index (χ4n) is 7.18. The lowest BCUT2D eigenvalue weighted by Crippen LogP contribution is -2.41. The molecule has 8 heteroatoms. The maximum atomic E-state index is 14.3. The molecule has 2 amide bonds. The molecule has 0 unspecified atom stereocenters. The Hall–Kier alpha value is -5.24. The number of benzene rings is 4. The van der Waals surface area contributed by atoms with E-state index < -0.39 is 0 Å². The zero-order valence-electron chi connectivity index (χ0n) is 27.1. The monoisotopic (exact) mass is 624 g/mol. The van der Waals surface area contributed by atoms with Crippen molar-refractivity contribution in [3.63, 3.8) is 0 Å². The van der Waals surface area contributed by atoms with E-state index in [2.05, 4.69) is 41.8 Å². The zero-order valence-corrected chi connectivity index (χ0v) is 27.1. The van der Waals surface area contributed by atoms with Gasteiger partial charge in [-0.2, -0.15) is 4.98 Å². The number of hydrogen-bond donors (Lipinski definition) is 2. The molecule has 2 aliphatic rings. The van der Waals surface area contributed by atoms with Gasteiger partial charge in [0.15, 0.2) is 0 Å². The van der Waals surface area contributed by atoms with Gasteiger partial charge in [-0.05, 0) is 67.5 Å². The lowest BCUT2D eigenvalue weighted by Gasteiger charge is -2.32. The van der Waals surface area contributed by atoms with Gasteiger partial charge in [-0.3, -0.25) is 9.59 Å². The molecule has 0 radical (unpaired) electrons. The van der Waals surface area contributed by atoms with Crippen LogP contribution in [0.25, 0.3) is 10.9 Å². The third-order valence-corrected chi connectivity index (χ3v) is 9.58. The number of carbonyl (C=O) groups excluding carboxylic acids is 2. The van der Waals surface area contributed by atoms with Crippen molar-refractivity contribution >= 4 is 34.5 Å². The van der Waals surface area contributed by atoms with Crippen LogP contribution in [0.5, 0.6) is 0 Å². The molecule has 7 rings (SSSR count). The van der Waals surface area contributed by atoms with E-state index in [1.165, 1.54) is 0 Å². The maximum Gasteiger partial charge on any atom is 0.256 e. The van der Waals surface area contributed by atoms with Crippen LogP contribution < -0.4 is 15.5 Å². The highest BCUT2D eigenvalue weighted by atomic mass is 16.2. The number of carbonyl (C=O) groups is 2. The highest BCUT2D eigenvalue weighted by Gasteiger charge is 2.43. The molecule has 1 aromatic heterocycles. The SMILES string of the molecule is C[C@@H](c1ccccc1)N1C(=O)c2c(C(=O)NC3CCC(Nc4nc(N(C)C)c5ccccc5n4)CC3)cccc2[C@H]1c1ccccc1. The van der Waals surface area contributed by atoms with Gasteiger partial charge in [0.05, 0.1) is 28.7 Å². The number of para-hydroxylation sites is 1. The van der Waals surface area contributed by atoms with Crippen molar-refractivity contribution in [1.82, 2.24) is 20.2 Å². The van der Waals surface area contributed by atoms with Crippen LogP contribution in [0.2, 0.25) is 0 Å². The summed E-state index contributed by atoms with van der Waals surface area (Å²) in [5.74, 6) is 1.20. The van der Waals surface area contributed by atoms with E-state index in [1.807, 2.05) is 96.7 Å². The second kappa shape index (κ2) is 12.9. The first-order valence-corrected chi connectivity index (χ1v) is 16.5. The van der Waals surface area contributed by atoms with E-state index in [0.717, 1.165) is 59.1 Å². The predicted octanol–water partition coefficient (Wildman–Crippen LogP) is 7.16. The summed E-state index contributed by atoms with van der Waals surface area (Å²) in [6, 6.07) is 33.7. The van der Waals surface area contributed by atoms with Crippen LogP contribution in [0.4, 0.5) is 11.8 Å². The predicted molar refractivity (Wildman–Crippen MR) is 187 cm³/mol. The van der Waals surface area contributed by atoms with Gasteiger partial charge in [0.2, 0.25) is 5.95 Å². The average Bonchev–Trinajstić information content (AvgIpc) is 3.41. The summed E-state index contributed by atoms with van der Waals surface area (Å²) < 4.78 is 0. The molecule has 4 aromatic carbocycles. The lowest BCUT2D eigenvalue weighted by molar-refractivity contribution is 0.0672. The Morgan fingerprint density at radius 3 is 2.19 bits per heavy atom. The van der Waals surface area contributed by atoms with E-state index >= 15 is 0 Å². The maximum absolute atomic E-state index is 14.3. The fourth-order valence-corrected chi connectivity index (χ4v) is 7.18. The molecule has 0 saturated heterocycles. The smallest absolute Gasteiger partial charge is 0.256 e. The van der Waals surface area contributed by atoms with Gasteiger partial charge in [-0.1, -0.05) is 84.9 Å². The summed E-state index contributed by atoms with van der Waals surface area (Å²) in [6.07, 6.45) is 3.40. The summed E-state index contributed by atoms with van der Waals surface area (Å²) in [7, 11) is 3.98. The normalized spacial score (nSPS) is 19.7. The molecule has 1 aliphatic carbocycles. The molecule has 47 heavy (non-hydrogen) atoms. The first kappa shape index (κ1) is 30.4. The molecule has 5 aromatic rings. The molecule has 238 valence electrons. The number of amides is 2. The van der Waals surface area contributed by atoms with Crippen LogP contribution in [0.3, 0.4) is 0 Å². The lowest BCUT2D eigenvalue weighted by atomic mass is 9.90. The van der Waals surface area contributed by atoms with Crippen LogP contribution >= 0.6 is 0 Å². The first-order valence-electron chi connectivity index (χ1n) is 16.5. The zero-order chi connectivity index (χ0) is 32.5. The second-order valence-corrected chi connectivity index (χ2v) is 12.8. The summed E-state index contributed by atoms with van der Waals surface area (Å²) in [6.45, 7) is 2.06. The Bertz CT molecular complexity index is 1900. The number of fused-ring (bicyclic) bond motifs is 2.